The van der Waals surface area contributed by atoms with Gasteiger partial charge in [-0.15, -0.1) is 12.4 Å². The van der Waals surface area contributed by atoms with Gasteiger partial charge in [-0.05, 0) is 31.0 Å². The van der Waals surface area contributed by atoms with Gasteiger partial charge in [-0.25, -0.2) is 0 Å². The van der Waals surface area contributed by atoms with E-state index in [0.29, 0.717) is 11.1 Å². The lowest BCUT2D eigenvalue weighted by Gasteiger charge is -2.21. The number of nitrogens with zero attached hydrogens (tertiary/aromatic N) is 1. The van der Waals surface area contributed by atoms with E-state index in [0.717, 1.165) is 25.9 Å². The number of hydrogen-bond acceptors (Lipinski definition) is 2. The van der Waals surface area contributed by atoms with E-state index in [1.54, 1.807) is 29.2 Å². The maximum atomic E-state index is 12.3. The van der Waals surface area contributed by atoms with Crippen LogP contribution >= 0.6 is 12.4 Å². The van der Waals surface area contributed by atoms with Gasteiger partial charge in [0, 0.05) is 24.2 Å². The summed E-state index contributed by atoms with van der Waals surface area (Å²) < 4.78 is 0. The molecule has 1 aromatic rings. The molecule has 0 bridgehead atoms. The van der Waals surface area contributed by atoms with Crippen LogP contribution in [0, 0.1) is 0 Å². The fourth-order valence-corrected chi connectivity index (χ4v) is 1.84. The predicted molar refractivity (Wildman–Crippen MR) is 78.7 cm³/mol. The first-order chi connectivity index (χ1) is 8.60. The van der Waals surface area contributed by atoms with Crippen LogP contribution in [0.15, 0.2) is 24.3 Å². The van der Waals surface area contributed by atoms with Crippen molar-refractivity contribution in [1.82, 2.24) is 4.90 Å². The minimum atomic E-state index is -0.512. The highest BCUT2D eigenvalue weighted by Crippen LogP contribution is 2.09. The molecule has 0 spiro atoms. The molecule has 1 rings (SSSR count). The molecule has 0 unspecified atom stereocenters. The molecule has 106 valence electrons. The lowest BCUT2D eigenvalue weighted by Crippen LogP contribution is -2.32. The SMILES string of the molecule is CCCN(CCC)C(=O)c1cccc(C(N)=O)c1.Cl. The number of hydrogen-bond donors (Lipinski definition) is 1. The molecule has 4 nitrogen and oxygen atoms in total. The molecule has 2 amide bonds. The number of primary amides is 1. The molecule has 0 radical (unpaired) electrons. The maximum absolute atomic E-state index is 12.3. The Balaban J connectivity index is 0.00000324. The van der Waals surface area contributed by atoms with E-state index in [1.165, 1.54) is 0 Å². The largest absolute Gasteiger partial charge is 0.366 e. The van der Waals surface area contributed by atoms with Gasteiger partial charge in [-0.3, -0.25) is 9.59 Å². The van der Waals surface area contributed by atoms with Gasteiger partial charge in [0.2, 0.25) is 5.91 Å². The summed E-state index contributed by atoms with van der Waals surface area (Å²) in [6, 6.07) is 6.57. The molecule has 0 aliphatic heterocycles. The summed E-state index contributed by atoms with van der Waals surface area (Å²) in [5.74, 6) is -0.552. The normalized spacial score (nSPS) is 9.58. The Morgan fingerprint density at radius 2 is 1.63 bits per heavy atom. The van der Waals surface area contributed by atoms with Crippen LogP contribution in [0.4, 0.5) is 0 Å². The van der Waals surface area contributed by atoms with Gasteiger partial charge in [0.15, 0.2) is 0 Å². The number of carbonyl (C=O) groups excluding carboxylic acids is 2. The standard InChI is InChI=1S/C14H20N2O2.ClH/c1-3-8-16(9-4-2)14(18)12-7-5-6-11(10-12)13(15)17;/h5-7,10H,3-4,8-9H2,1-2H3,(H2,15,17);1H. The predicted octanol–water partition coefficient (Wildman–Crippen LogP) is 2.47. The molecular formula is C14H21ClN2O2. The lowest BCUT2D eigenvalue weighted by molar-refractivity contribution is 0.0755. The first-order valence-corrected chi connectivity index (χ1v) is 6.29. The number of carbonyl (C=O) groups is 2. The zero-order valence-corrected chi connectivity index (χ0v) is 12.2. The van der Waals surface area contributed by atoms with E-state index < -0.39 is 5.91 Å². The monoisotopic (exact) mass is 284 g/mol. The summed E-state index contributed by atoms with van der Waals surface area (Å²) in [5.41, 5.74) is 6.10. The van der Waals surface area contributed by atoms with E-state index in [1.807, 2.05) is 13.8 Å². The third-order valence-electron chi connectivity index (χ3n) is 2.67. The Hall–Kier alpha value is -1.55. The molecule has 0 saturated carbocycles. The van der Waals surface area contributed by atoms with Crippen LogP contribution in [-0.2, 0) is 0 Å². The van der Waals surface area contributed by atoms with Crippen molar-refractivity contribution >= 4 is 24.2 Å². The molecule has 0 aliphatic rings. The molecule has 0 fully saturated rings. The summed E-state index contributed by atoms with van der Waals surface area (Å²) >= 11 is 0. The molecule has 1 aromatic carbocycles. The smallest absolute Gasteiger partial charge is 0.253 e. The molecule has 0 aliphatic carbocycles. The van der Waals surface area contributed by atoms with Crippen molar-refractivity contribution in [3.05, 3.63) is 35.4 Å². The van der Waals surface area contributed by atoms with Gasteiger partial charge in [0.25, 0.3) is 5.91 Å². The van der Waals surface area contributed by atoms with Crippen LogP contribution in [-0.4, -0.2) is 29.8 Å². The van der Waals surface area contributed by atoms with Gasteiger partial charge in [0.05, 0.1) is 0 Å². The second-order valence-corrected chi connectivity index (χ2v) is 4.24. The van der Waals surface area contributed by atoms with Gasteiger partial charge in [0.1, 0.15) is 0 Å². The lowest BCUT2D eigenvalue weighted by atomic mass is 10.1. The van der Waals surface area contributed by atoms with Gasteiger partial charge >= 0.3 is 0 Å². The van der Waals surface area contributed by atoms with E-state index in [4.69, 9.17) is 5.73 Å². The average Bonchev–Trinajstić information content (AvgIpc) is 2.38. The van der Waals surface area contributed by atoms with Gasteiger partial charge < -0.3 is 10.6 Å². The number of amides is 2. The van der Waals surface area contributed by atoms with Crippen LogP contribution < -0.4 is 5.73 Å². The van der Waals surface area contributed by atoms with Crippen molar-refractivity contribution in [2.75, 3.05) is 13.1 Å². The Morgan fingerprint density at radius 3 is 2.11 bits per heavy atom. The van der Waals surface area contributed by atoms with Crippen LogP contribution in [0.5, 0.6) is 0 Å². The van der Waals surface area contributed by atoms with E-state index in [2.05, 4.69) is 0 Å². The topological polar surface area (TPSA) is 63.4 Å². The first-order valence-electron chi connectivity index (χ1n) is 6.29. The highest BCUT2D eigenvalue weighted by molar-refractivity contribution is 5.99. The third kappa shape index (κ3) is 4.91. The van der Waals surface area contributed by atoms with Crippen molar-refractivity contribution < 1.29 is 9.59 Å². The molecule has 0 heterocycles. The summed E-state index contributed by atoms with van der Waals surface area (Å²) in [6.45, 7) is 5.53. The molecule has 0 aromatic heterocycles. The first kappa shape index (κ1) is 17.4. The summed E-state index contributed by atoms with van der Waals surface area (Å²) in [5, 5.41) is 0. The Bertz CT molecular complexity index is 429. The highest BCUT2D eigenvalue weighted by Gasteiger charge is 2.15. The number of halogens is 1. The maximum Gasteiger partial charge on any atom is 0.253 e. The van der Waals surface area contributed by atoms with Crippen LogP contribution in [0.1, 0.15) is 47.4 Å². The molecular weight excluding hydrogens is 264 g/mol. The Kier molecular flexibility index (Phi) is 7.84. The molecule has 0 saturated heterocycles. The Labute approximate surface area is 120 Å². The van der Waals surface area contributed by atoms with Crippen molar-refractivity contribution in [2.45, 2.75) is 26.7 Å². The van der Waals surface area contributed by atoms with Crippen LogP contribution in [0.2, 0.25) is 0 Å². The summed E-state index contributed by atoms with van der Waals surface area (Å²) in [4.78, 5) is 25.2. The van der Waals surface area contributed by atoms with Crippen molar-refractivity contribution in [3.63, 3.8) is 0 Å². The quantitative estimate of drug-likeness (QED) is 0.872. The van der Waals surface area contributed by atoms with Gasteiger partial charge in [-0.2, -0.15) is 0 Å². The van der Waals surface area contributed by atoms with Crippen LogP contribution in [0.25, 0.3) is 0 Å². The second kappa shape index (κ2) is 8.53. The number of nitrogens with two attached hydrogens (primary N) is 1. The summed E-state index contributed by atoms with van der Waals surface area (Å²) in [6.07, 6.45) is 1.84. The van der Waals surface area contributed by atoms with Crippen molar-refractivity contribution in [3.8, 4) is 0 Å². The minimum Gasteiger partial charge on any atom is -0.366 e. The van der Waals surface area contributed by atoms with E-state index in [-0.39, 0.29) is 18.3 Å². The summed E-state index contributed by atoms with van der Waals surface area (Å²) in [7, 11) is 0. The molecule has 19 heavy (non-hydrogen) atoms. The van der Waals surface area contributed by atoms with Crippen molar-refractivity contribution in [2.24, 2.45) is 5.73 Å². The number of rotatable bonds is 6. The molecule has 0 atom stereocenters. The molecule has 5 heteroatoms. The zero-order valence-electron chi connectivity index (χ0n) is 11.4. The molecule has 2 N–H and O–H groups in total. The minimum absolute atomic E-state index is 0. The fraction of sp³-hybridized carbons (Fsp3) is 0.429. The number of benzene rings is 1. The van der Waals surface area contributed by atoms with E-state index in [9.17, 15) is 9.59 Å². The van der Waals surface area contributed by atoms with Crippen molar-refractivity contribution in [1.29, 1.82) is 0 Å². The zero-order chi connectivity index (χ0) is 13.5. The second-order valence-electron chi connectivity index (χ2n) is 4.24. The highest BCUT2D eigenvalue weighted by atomic mass is 35.5. The Morgan fingerprint density at radius 1 is 1.11 bits per heavy atom. The fourth-order valence-electron chi connectivity index (χ4n) is 1.84. The van der Waals surface area contributed by atoms with Gasteiger partial charge in [-0.1, -0.05) is 19.9 Å². The van der Waals surface area contributed by atoms with E-state index >= 15 is 0 Å². The van der Waals surface area contributed by atoms with Crippen LogP contribution in [0.3, 0.4) is 0 Å². The third-order valence-corrected chi connectivity index (χ3v) is 2.67. The average molecular weight is 285 g/mol.